The number of fused-ring (bicyclic) bond motifs is 3. The van der Waals surface area contributed by atoms with E-state index in [1.165, 1.54) is 29.9 Å². The summed E-state index contributed by atoms with van der Waals surface area (Å²) < 4.78 is 2.40. The molecule has 0 radical (unpaired) electrons. The highest BCUT2D eigenvalue weighted by Gasteiger charge is 2.14. The van der Waals surface area contributed by atoms with Crippen LogP contribution in [0.25, 0.3) is 11.0 Å². The van der Waals surface area contributed by atoms with Gasteiger partial charge < -0.3 is 9.47 Å². The van der Waals surface area contributed by atoms with E-state index >= 15 is 0 Å². The Bertz CT molecular complexity index is 542. The van der Waals surface area contributed by atoms with Crippen molar-refractivity contribution < 1.29 is 0 Å². The molecule has 0 bridgehead atoms. The number of hydrogen-bond donors (Lipinski definition) is 0. The van der Waals surface area contributed by atoms with Crippen LogP contribution in [-0.4, -0.2) is 34.6 Å². The normalized spacial score (nSPS) is 16.2. The summed E-state index contributed by atoms with van der Waals surface area (Å²) in [6.45, 7) is 9.52. The predicted molar refractivity (Wildman–Crippen MR) is 81.6 cm³/mol. The molecule has 3 nitrogen and oxygen atoms in total. The Morgan fingerprint density at radius 1 is 1.11 bits per heavy atom. The Hall–Kier alpha value is -1.35. The smallest absolute Gasteiger partial charge is 0.111 e. The zero-order chi connectivity index (χ0) is 13.8. The first kappa shape index (κ1) is 14.1. The average Bonchev–Trinajstić information content (AvgIpc) is 2.73. The maximum absolute atomic E-state index is 4.79. The molecule has 3 rings (SSSR count). The molecule has 1 aromatic heterocycles. The number of imidazole rings is 1. The van der Waals surface area contributed by atoms with E-state index in [-0.39, 0.29) is 0 Å². The molecule has 0 saturated heterocycles. The summed E-state index contributed by atoms with van der Waals surface area (Å²) in [5, 5.41) is 0. The molecule has 104 valence electrons. The fourth-order valence-electron chi connectivity index (χ4n) is 2.63. The lowest BCUT2D eigenvalue weighted by Gasteiger charge is -2.20. The first-order valence-corrected chi connectivity index (χ1v) is 7.38. The monoisotopic (exact) mass is 259 g/mol. The van der Waals surface area contributed by atoms with Crippen LogP contribution >= 0.6 is 0 Å². The quantitative estimate of drug-likeness (QED) is 0.724. The molecule has 1 aromatic carbocycles. The second kappa shape index (κ2) is 6.20. The van der Waals surface area contributed by atoms with E-state index in [9.17, 15) is 0 Å². The lowest BCUT2D eigenvalue weighted by atomic mass is 10.2. The number of aromatic nitrogens is 2. The van der Waals surface area contributed by atoms with Crippen molar-refractivity contribution in [3.8, 4) is 0 Å². The second-order valence-electron chi connectivity index (χ2n) is 5.08. The van der Waals surface area contributed by atoms with Gasteiger partial charge in [-0.25, -0.2) is 4.98 Å². The minimum atomic E-state index is 1.06. The largest absolute Gasteiger partial charge is 0.328 e. The zero-order valence-electron chi connectivity index (χ0n) is 12.6. The number of hydrogen-bond acceptors (Lipinski definition) is 2. The molecule has 1 aliphatic heterocycles. The Kier molecular flexibility index (Phi) is 4.59. The van der Waals surface area contributed by atoms with Gasteiger partial charge in [0.15, 0.2) is 0 Å². The third-order valence-electron chi connectivity index (χ3n) is 3.62. The van der Waals surface area contributed by atoms with E-state index in [0.717, 1.165) is 25.0 Å². The molecule has 0 saturated carbocycles. The van der Waals surface area contributed by atoms with Gasteiger partial charge in [0.05, 0.1) is 11.0 Å². The van der Waals surface area contributed by atoms with Crippen molar-refractivity contribution in [2.24, 2.45) is 0 Å². The molecule has 19 heavy (non-hydrogen) atoms. The number of likely N-dealkylation sites (N-methyl/N-ethyl adjacent to an activating group) is 1. The fraction of sp³-hybridized carbons (Fsp3) is 0.562. The lowest BCUT2D eigenvalue weighted by Crippen LogP contribution is -2.27. The van der Waals surface area contributed by atoms with Gasteiger partial charge in [0, 0.05) is 19.5 Å². The maximum Gasteiger partial charge on any atom is 0.111 e. The summed E-state index contributed by atoms with van der Waals surface area (Å²) in [5.74, 6) is 1.25. The summed E-state index contributed by atoms with van der Waals surface area (Å²) >= 11 is 0. The first-order chi connectivity index (χ1) is 9.24. The minimum Gasteiger partial charge on any atom is -0.328 e. The molecule has 2 heterocycles. The Morgan fingerprint density at radius 3 is 2.68 bits per heavy atom. The van der Waals surface area contributed by atoms with Gasteiger partial charge in [0.1, 0.15) is 5.82 Å². The van der Waals surface area contributed by atoms with Gasteiger partial charge in [-0.3, -0.25) is 0 Å². The Balaban J connectivity index is 0.000000637. The third kappa shape index (κ3) is 2.98. The molecular formula is C16H25N3. The first-order valence-electron chi connectivity index (χ1n) is 7.38. The van der Waals surface area contributed by atoms with Crippen molar-refractivity contribution in [3.63, 3.8) is 0 Å². The van der Waals surface area contributed by atoms with E-state index in [1.807, 2.05) is 13.8 Å². The van der Waals surface area contributed by atoms with Gasteiger partial charge in [0.2, 0.25) is 0 Å². The number of aryl methyl sites for hydroxylation is 2. The molecule has 0 spiro atoms. The summed E-state index contributed by atoms with van der Waals surface area (Å²) in [7, 11) is 2.20. The summed E-state index contributed by atoms with van der Waals surface area (Å²) in [6.07, 6.45) is 2.27. The van der Waals surface area contributed by atoms with Crippen molar-refractivity contribution in [1.82, 2.24) is 14.5 Å². The van der Waals surface area contributed by atoms with Gasteiger partial charge in [-0.1, -0.05) is 19.9 Å². The molecule has 3 heteroatoms. The Morgan fingerprint density at radius 2 is 1.89 bits per heavy atom. The van der Waals surface area contributed by atoms with Crippen LogP contribution in [0, 0.1) is 6.92 Å². The van der Waals surface area contributed by atoms with Crippen LogP contribution in [0.3, 0.4) is 0 Å². The highest BCUT2D eigenvalue weighted by molar-refractivity contribution is 5.76. The van der Waals surface area contributed by atoms with Gasteiger partial charge >= 0.3 is 0 Å². The van der Waals surface area contributed by atoms with Crippen LogP contribution in [0.2, 0.25) is 0 Å². The van der Waals surface area contributed by atoms with Crippen molar-refractivity contribution in [2.45, 2.75) is 40.2 Å². The van der Waals surface area contributed by atoms with E-state index in [4.69, 9.17) is 4.98 Å². The van der Waals surface area contributed by atoms with Crippen molar-refractivity contribution >= 4 is 11.0 Å². The molecular weight excluding hydrogens is 234 g/mol. The van der Waals surface area contributed by atoms with Crippen LogP contribution in [-0.2, 0) is 13.0 Å². The fourth-order valence-corrected chi connectivity index (χ4v) is 2.63. The van der Waals surface area contributed by atoms with Crippen molar-refractivity contribution in [2.75, 3.05) is 20.1 Å². The van der Waals surface area contributed by atoms with Crippen LogP contribution in [0.1, 0.15) is 31.7 Å². The third-order valence-corrected chi connectivity index (χ3v) is 3.62. The van der Waals surface area contributed by atoms with Gasteiger partial charge in [0.25, 0.3) is 0 Å². The number of nitrogens with zero attached hydrogens (tertiary/aromatic N) is 3. The SMILES string of the molecule is CC.Cc1ccc2c(c1)nc1n2CCCN(C)CC1. The summed E-state index contributed by atoms with van der Waals surface area (Å²) in [4.78, 5) is 7.18. The highest BCUT2D eigenvalue weighted by atomic mass is 15.1. The van der Waals surface area contributed by atoms with Crippen molar-refractivity contribution in [3.05, 3.63) is 29.6 Å². The van der Waals surface area contributed by atoms with Crippen LogP contribution < -0.4 is 0 Å². The predicted octanol–water partition coefficient (Wildman–Crippen LogP) is 3.25. The number of rotatable bonds is 0. The van der Waals surface area contributed by atoms with E-state index in [1.54, 1.807) is 0 Å². The molecule has 2 aromatic rings. The number of benzene rings is 1. The molecule has 0 fully saturated rings. The Labute approximate surface area is 116 Å². The lowest BCUT2D eigenvalue weighted by molar-refractivity contribution is 0.308. The standard InChI is InChI=1S/C14H19N3.C2H6/c1-11-4-5-13-12(10-11)15-14-6-9-16(2)7-3-8-17(13)14;1-2/h4-5,10H,3,6-9H2,1-2H3;1-2H3. The van der Waals surface area contributed by atoms with Crippen LogP contribution in [0.5, 0.6) is 0 Å². The molecule has 0 unspecified atom stereocenters. The van der Waals surface area contributed by atoms with E-state index < -0.39 is 0 Å². The van der Waals surface area contributed by atoms with Gasteiger partial charge in [-0.2, -0.15) is 0 Å². The van der Waals surface area contributed by atoms with Crippen LogP contribution in [0.15, 0.2) is 18.2 Å². The van der Waals surface area contributed by atoms with E-state index in [2.05, 4.69) is 41.6 Å². The molecule has 0 atom stereocenters. The summed E-state index contributed by atoms with van der Waals surface area (Å²) in [5.41, 5.74) is 3.75. The average molecular weight is 259 g/mol. The molecule has 0 N–H and O–H groups in total. The molecule has 1 aliphatic rings. The second-order valence-corrected chi connectivity index (χ2v) is 5.08. The molecule has 0 amide bonds. The van der Waals surface area contributed by atoms with E-state index in [0.29, 0.717) is 0 Å². The maximum atomic E-state index is 4.79. The van der Waals surface area contributed by atoms with Gasteiger partial charge in [-0.15, -0.1) is 0 Å². The topological polar surface area (TPSA) is 21.1 Å². The highest BCUT2D eigenvalue weighted by Crippen LogP contribution is 2.20. The van der Waals surface area contributed by atoms with Gasteiger partial charge in [-0.05, 0) is 44.6 Å². The summed E-state index contributed by atoms with van der Waals surface area (Å²) in [6, 6.07) is 6.59. The van der Waals surface area contributed by atoms with Crippen LogP contribution in [0.4, 0.5) is 0 Å². The van der Waals surface area contributed by atoms with Crippen molar-refractivity contribution in [1.29, 1.82) is 0 Å². The zero-order valence-corrected chi connectivity index (χ0v) is 12.6. The molecule has 0 aliphatic carbocycles. The minimum absolute atomic E-state index is 1.06.